The van der Waals surface area contributed by atoms with E-state index in [4.69, 9.17) is 0 Å². The van der Waals surface area contributed by atoms with Crippen molar-refractivity contribution in [1.29, 1.82) is 0 Å². The zero-order valence-electron chi connectivity index (χ0n) is 8.84. The molecular formula is C12H17NS. The molecule has 1 aromatic carbocycles. The van der Waals surface area contributed by atoms with E-state index < -0.39 is 0 Å². The predicted octanol–water partition coefficient (Wildman–Crippen LogP) is 2.49. The van der Waals surface area contributed by atoms with Crippen molar-refractivity contribution in [2.75, 3.05) is 12.8 Å². The lowest BCUT2D eigenvalue weighted by molar-refractivity contribution is 0.608. The Labute approximate surface area is 90.3 Å². The number of hydrogen-bond donors (Lipinski definition) is 1. The van der Waals surface area contributed by atoms with Crippen LogP contribution in [-0.2, 0) is 12.8 Å². The van der Waals surface area contributed by atoms with E-state index in [1.54, 1.807) is 5.56 Å². The normalized spacial score (nSPS) is 16.7. The number of hydrogen-bond acceptors (Lipinski definition) is 2. The van der Waals surface area contributed by atoms with Crippen molar-refractivity contribution in [3.8, 4) is 0 Å². The topological polar surface area (TPSA) is 12.0 Å². The van der Waals surface area contributed by atoms with Gasteiger partial charge in [-0.15, -0.1) is 11.8 Å². The van der Waals surface area contributed by atoms with Crippen molar-refractivity contribution in [3.63, 3.8) is 0 Å². The van der Waals surface area contributed by atoms with Gasteiger partial charge in [-0.25, -0.2) is 0 Å². The molecule has 1 heterocycles. The standard InChI is InChI=1S/C12H17NS/c1-9(13-2)7-10-3-4-12-11(8-10)5-6-14-12/h3-4,8-9,13H,5-7H2,1-2H3. The van der Waals surface area contributed by atoms with Crippen LogP contribution in [0.25, 0.3) is 0 Å². The monoisotopic (exact) mass is 207 g/mol. The second kappa shape index (κ2) is 4.37. The zero-order valence-corrected chi connectivity index (χ0v) is 9.66. The second-order valence-corrected chi connectivity index (χ2v) is 5.07. The van der Waals surface area contributed by atoms with Crippen molar-refractivity contribution in [3.05, 3.63) is 29.3 Å². The third-order valence-electron chi connectivity index (χ3n) is 2.79. The molecular weight excluding hydrogens is 190 g/mol. The van der Waals surface area contributed by atoms with Gasteiger partial charge >= 0.3 is 0 Å². The third kappa shape index (κ3) is 2.12. The summed E-state index contributed by atoms with van der Waals surface area (Å²) >= 11 is 1.99. The van der Waals surface area contributed by atoms with Crippen molar-refractivity contribution in [2.45, 2.75) is 30.7 Å². The Kier molecular flexibility index (Phi) is 3.14. The van der Waals surface area contributed by atoms with E-state index in [1.165, 1.54) is 22.6 Å². The maximum absolute atomic E-state index is 3.28. The average Bonchev–Trinajstić information content (AvgIpc) is 2.64. The van der Waals surface area contributed by atoms with Gasteiger partial charge in [0.05, 0.1) is 0 Å². The minimum absolute atomic E-state index is 0.571. The van der Waals surface area contributed by atoms with E-state index in [1.807, 2.05) is 18.8 Å². The number of rotatable bonds is 3. The molecule has 1 N–H and O–H groups in total. The van der Waals surface area contributed by atoms with Crippen LogP contribution in [-0.4, -0.2) is 18.8 Å². The molecule has 0 fully saturated rings. The minimum Gasteiger partial charge on any atom is -0.317 e. The molecule has 2 heteroatoms. The number of aryl methyl sites for hydroxylation is 1. The van der Waals surface area contributed by atoms with Gasteiger partial charge in [-0.05, 0) is 44.0 Å². The van der Waals surface area contributed by atoms with Crippen molar-refractivity contribution >= 4 is 11.8 Å². The number of benzene rings is 1. The molecule has 0 aliphatic carbocycles. The number of nitrogens with one attached hydrogen (secondary N) is 1. The van der Waals surface area contributed by atoms with Crippen LogP contribution >= 0.6 is 11.8 Å². The highest BCUT2D eigenvalue weighted by Crippen LogP contribution is 2.31. The van der Waals surface area contributed by atoms with Gasteiger partial charge in [-0.2, -0.15) is 0 Å². The Morgan fingerprint density at radius 1 is 1.50 bits per heavy atom. The molecule has 1 unspecified atom stereocenters. The van der Waals surface area contributed by atoms with E-state index in [0.717, 1.165) is 6.42 Å². The fraction of sp³-hybridized carbons (Fsp3) is 0.500. The lowest BCUT2D eigenvalue weighted by atomic mass is 10.0. The van der Waals surface area contributed by atoms with Gasteiger partial charge in [0.25, 0.3) is 0 Å². The largest absolute Gasteiger partial charge is 0.317 e. The predicted molar refractivity (Wildman–Crippen MR) is 63.1 cm³/mol. The molecule has 0 radical (unpaired) electrons. The molecule has 0 aromatic heterocycles. The molecule has 1 nitrogen and oxygen atoms in total. The Hall–Kier alpha value is -0.470. The smallest absolute Gasteiger partial charge is 0.0105 e. The Morgan fingerprint density at radius 2 is 2.36 bits per heavy atom. The van der Waals surface area contributed by atoms with E-state index >= 15 is 0 Å². The summed E-state index contributed by atoms with van der Waals surface area (Å²) < 4.78 is 0. The first kappa shape index (κ1) is 10.1. The summed E-state index contributed by atoms with van der Waals surface area (Å²) in [5.74, 6) is 1.26. The highest BCUT2D eigenvalue weighted by molar-refractivity contribution is 7.99. The lowest BCUT2D eigenvalue weighted by Crippen LogP contribution is -2.23. The Morgan fingerprint density at radius 3 is 3.14 bits per heavy atom. The molecule has 0 spiro atoms. The summed E-state index contributed by atoms with van der Waals surface area (Å²) in [5.41, 5.74) is 3.02. The molecule has 0 amide bonds. The van der Waals surface area contributed by atoms with Crippen LogP contribution in [0.1, 0.15) is 18.1 Å². The van der Waals surface area contributed by atoms with E-state index in [0.29, 0.717) is 6.04 Å². The molecule has 1 atom stereocenters. The minimum atomic E-state index is 0.571. The summed E-state index contributed by atoms with van der Waals surface area (Å²) in [4.78, 5) is 1.49. The van der Waals surface area contributed by atoms with Gasteiger partial charge in [-0.3, -0.25) is 0 Å². The second-order valence-electron chi connectivity index (χ2n) is 3.93. The highest BCUT2D eigenvalue weighted by Gasteiger charge is 2.11. The van der Waals surface area contributed by atoms with E-state index in [2.05, 4.69) is 30.4 Å². The average molecular weight is 207 g/mol. The maximum atomic E-state index is 3.28. The molecule has 0 bridgehead atoms. The fourth-order valence-corrected chi connectivity index (χ4v) is 2.88. The summed E-state index contributed by atoms with van der Waals surface area (Å²) in [7, 11) is 2.02. The maximum Gasteiger partial charge on any atom is 0.0105 e. The Bertz CT molecular complexity index is 322. The summed E-state index contributed by atoms with van der Waals surface area (Å²) in [6.07, 6.45) is 2.39. The van der Waals surface area contributed by atoms with Crippen LogP contribution in [0.4, 0.5) is 0 Å². The van der Waals surface area contributed by atoms with Gasteiger partial charge in [-0.1, -0.05) is 12.1 Å². The summed E-state index contributed by atoms with van der Waals surface area (Å²) in [6, 6.07) is 7.50. The van der Waals surface area contributed by atoms with E-state index in [9.17, 15) is 0 Å². The lowest BCUT2D eigenvalue weighted by Gasteiger charge is -2.10. The van der Waals surface area contributed by atoms with E-state index in [-0.39, 0.29) is 0 Å². The van der Waals surface area contributed by atoms with Crippen molar-refractivity contribution < 1.29 is 0 Å². The highest BCUT2D eigenvalue weighted by atomic mass is 32.2. The zero-order chi connectivity index (χ0) is 9.97. The van der Waals surface area contributed by atoms with Gasteiger partial charge in [0.2, 0.25) is 0 Å². The first-order chi connectivity index (χ1) is 6.79. The van der Waals surface area contributed by atoms with Crippen LogP contribution in [0.15, 0.2) is 23.1 Å². The van der Waals surface area contributed by atoms with Crippen molar-refractivity contribution in [2.24, 2.45) is 0 Å². The first-order valence-corrected chi connectivity index (χ1v) is 6.20. The number of likely N-dealkylation sites (N-methyl/N-ethyl adjacent to an activating group) is 1. The fourth-order valence-electron chi connectivity index (χ4n) is 1.82. The van der Waals surface area contributed by atoms with Crippen LogP contribution in [0.3, 0.4) is 0 Å². The third-order valence-corrected chi connectivity index (χ3v) is 3.91. The quantitative estimate of drug-likeness (QED) is 0.817. The molecule has 76 valence electrons. The molecule has 2 rings (SSSR count). The van der Waals surface area contributed by atoms with Crippen LogP contribution < -0.4 is 5.32 Å². The molecule has 0 saturated heterocycles. The molecule has 14 heavy (non-hydrogen) atoms. The van der Waals surface area contributed by atoms with Gasteiger partial charge in [0, 0.05) is 16.7 Å². The Balaban J connectivity index is 2.12. The van der Waals surface area contributed by atoms with Crippen molar-refractivity contribution in [1.82, 2.24) is 5.32 Å². The van der Waals surface area contributed by atoms with Gasteiger partial charge in [0.15, 0.2) is 0 Å². The van der Waals surface area contributed by atoms with Crippen LogP contribution in [0.2, 0.25) is 0 Å². The summed E-state index contributed by atoms with van der Waals surface area (Å²) in [5, 5.41) is 3.28. The first-order valence-electron chi connectivity index (χ1n) is 5.21. The molecule has 1 aliphatic rings. The van der Waals surface area contributed by atoms with Crippen LogP contribution in [0.5, 0.6) is 0 Å². The SMILES string of the molecule is CNC(C)Cc1ccc2c(c1)CCS2. The molecule has 0 saturated carbocycles. The van der Waals surface area contributed by atoms with Crippen LogP contribution in [0, 0.1) is 0 Å². The number of fused-ring (bicyclic) bond motifs is 1. The molecule has 1 aromatic rings. The summed E-state index contributed by atoms with van der Waals surface area (Å²) in [6.45, 7) is 2.22. The molecule has 1 aliphatic heterocycles. The number of thioether (sulfide) groups is 1. The van der Waals surface area contributed by atoms with Gasteiger partial charge < -0.3 is 5.32 Å². The van der Waals surface area contributed by atoms with Gasteiger partial charge in [0.1, 0.15) is 0 Å².